The van der Waals surface area contributed by atoms with Gasteiger partial charge in [-0.3, -0.25) is 9.69 Å². The average molecular weight is 267 g/mol. The first-order valence-electron chi connectivity index (χ1n) is 6.59. The standard InChI is InChI=1S/C13H21N3O3/c1-13(2,3)19-12(18)9-11(17)15-10(14-9)8-6-5-7-16(8)4/h8-9H,5-7H2,1-4H3,(H,14,15,17). The van der Waals surface area contributed by atoms with Crippen LogP contribution >= 0.6 is 0 Å². The summed E-state index contributed by atoms with van der Waals surface area (Å²) < 4.78 is 5.21. The Morgan fingerprint density at radius 3 is 2.68 bits per heavy atom. The van der Waals surface area contributed by atoms with Crippen molar-refractivity contribution in [2.75, 3.05) is 13.6 Å². The number of amides is 1. The van der Waals surface area contributed by atoms with Crippen LogP contribution in [0.3, 0.4) is 0 Å². The fourth-order valence-corrected chi connectivity index (χ4v) is 2.37. The normalized spacial score (nSPS) is 28.2. The molecular weight excluding hydrogens is 246 g/mol. The van der Waals surface area contributed by atoms with E-state index in [2.05, 4.69) is 15.2 Å². The average Bonchev–Trinajstić information content (AvgIpc) is 2.81. The minimum atomic E-state index is -1.05. The predicted molar refractivity (Wildman–Crippen MR) is 70.9 cm³/mol. The molecule has 0 bridgehead atoms. The molecule has 19 heavy (non-hydrogen) atoms. The Morgan fingerprint density at radius 2 is 2.16 bits per heavy atom. The van der Waals surface area contributed by atoms with Gasteiger partial charge in [0.25, 0.3) is 5.91 Å². The van der Waals surface area contributed by atoms with Gasteiger partial charge >= 0.3 is 5.97 Å². The molecule has 1 fully saturated rings. The summed E-state index contributed by atoms with van der Waals surface area (Å²) in [5, 5.41) is 2.71. The fourth-order valence-electron chi connectivity index (χ4n) is 2.37. The highest BCUT2D eigenvalue weighted by Gasteiger charge is 2.39. The van der Waals surface area contributed by atoms with Crippen molar-refractivity contribution in [3.05, 3.63) is 0 Å². The molecule has 106 valence electrons. The second kappa shape index (κ2) is 4.92. The number of aliphatic imine (C=N–C) groups is 1. The van der Waals surface area contributed by atoms with Gasteiger partial charge < -0.3 is 10.1 Å². The Bertz CT molecular complexity index is 425. The molecule has 2 rings (SSSR count). The van der Waals surface area contributed by atoms with Crippen LogP contribution in [-0.4, -0.2) is 53.9 Å². The van der Waals surface area contributed by atoms with Gasteiger partial charge in [-0.15, -0.1) is 0 Å². The maximum Gasteiger partial charge on any atom is 0.341 e. The van der Waals surface area contributed by atoms with E-state index in [1.807, 2.05) is 7.05 Å². The van der Waals surface area contributed by atoms with Crippen LogP contribution in [0.4, 0.5) is 0 Å². The second-order valence-electron chi connectivity index (χ2n) is 6.08. The third-order valence-corrected chi connectivity index (χ3v) is 3.23. The molecule has 6 heteroatoms. The van der Waals surface area contributed by atoms with Crippen molar-refractivity contribution in [2.24, 2.45) is 4.99 Å². The summed E-state index contributed by atoms with van der Waals surface area (Å²) in [5.74, 6) is -0.369. The zero-order valence-electron chi connectivity index (χ0n) is 11.9. The van der Waals surface area contributed by atoms with Crippen LogP contribution in [0.2, 0.25) is 0 Å². The summed E-state index contributed by atoms with van der Waals surface area (Å²) in [6, 6.07) is -0.945. The first-order valence-corrected chi connectivity index (χ1v) is 6.59. The number of amidine groups is 1. The molecule has 2 aliphatic rings. The number of hydrogen-bond acceptors (Lipinski definition) is 5. The van der Waals surface area contributed by atoms with Crippen molar-refractivity contribution in [1.29, 1.82) is 0 Å². The van der Waals surface area contributed by atoms with Gasteiger partial charge in [-0.25, -0.2) is 9.79 Å². The lowest BCUT2D eigenvalue weighted by Crippen LogP contribution is -2.42. The van der Waals surface area contributed by atoms with Crippen LogP contribution in [0.15, 0.2) is 4.99 Å². The largest absolute Gasteiger partial charge is 0.458 e. The SMILES string of the molecule is CN1CCCC1C1=NC(C(=O)OC(C)(C)C)C(=O)N1. The smallest absolute Gasteiger partial charge is 0.341 e. The third-order valence-electron chi connectivity index (χ3n) is 3.23. The van der Waals surface area contributed by atoms with Crippen LogP contribution in [-0.2, 0) is 14.3 Å². The number of hydrogen-bond donors (Lipinski definition) is 1. The van der Waals surface area contributed by atoms with Crippen molar-refractivity contribution >= 4 is 17.7 Å². The van der Waals surface area contributed by atoms with E-state index in [4.69, 9.17) is 4.74 Å². The van der Waals surface area contributed by atoms with Crippen molar-refractivity contribution in [3.63, 3.8) is 0 Å². The number of likely N-dealkylation sites (N-methyl/N-ethyl adjacent to an activating group) is 1. The monoisotopic (exact) mass is 267 g/mol. The van der Waals surface area contributed by atoms with E-state index in [1.54, 1.807) is 20.8 Å². The Kier molecular flexibility index (Phi) is 3.62. The van der Waals surface area contributed by atoms with E-state index in [1.165, 1.54) is 0 Å². The van der Waals surface area contributed by atoms with Gasteiger partial charge in [0.15, 0.2) is 0 Å². The molecule has 1 saturated heterocycles. The minimum Gasteiger partial charge on any atom is -0.458 e. The molecule has 0 aliphatic carbocycles. The lowest BCUT2D eigenvalue weighted by atomic mass is 10.2. The number of rotatable bonds is 2. The molecule has 1 N–H and O–H groups in total. The van der Waals surface area contributed by atoms with Gasteiger partial charge in [0.1, 0.15) is 11.4 Å². The van der Waals surface area contributed by atoms with Crippen molar-refractivity contribution < 1.29 is 14.3 Å². The Balaban J connectivity index is 2.08. The van der Waals surface area contributed by atoms with E-state index in [0.717, 1.165) is 19.4 Å². The maximum atomic E-state index is 11.9. The Morgan fingerprint density at radius 1 is 1.47 bits per heavy atom. The summed E-state index contributed by atoms with van der Waals surface area (Å²) in [6.45, 7) is 6.30. The molecule has 0 spiro atoms. The van der Waals surface area contributed by atoms with E-state index >= 15 is 0 Å². The maximum absolute atomic E-state index is 11.9. The van der Waals surface area contributed by atoms with Crippen molar-refractivity contribution in [1.82, 2.24) is 10.2 Å². The molecule has 2 aliphatic heterocycles. The van der Waals surface area contributed by atoms with E-state index in [9.17, 15) is 9.59 Å². The minimum absolute atomic E-state index is 0.108. The van der Waals surface area contributed by atoms with Gasteiger partial charge in [-0.1, -0.05) is 0 Å². The van der Waals surface area contributed by atoms with Crippen LogP contribution in [0.1, 0.15) is 33.6 Å². The lowest BCUT2D eigenvalue weighted by molar-refractivity contribution is -0.157. The van der Waals surface area contributed by atoms with E-state index in [-0.39, 0.29) is 11.9 Å². The number of likely N-dealkylation sites (tertiary alicyclic amines) is 1. The molecule has 2 heterocycles. The van der Waals surface area contributed by atoms with Gasteiger partial charge in [-0.05, 0) is 47.2 Å². The quantitative estimate of drug-likeness (QED) is 0.578. The molecule has 1 amide bonds. The number of nitrogens with zero attached hydrogens (tertiary/aromatic N) is 2. The van der Waals surface area contributed by atoms with Crippen LogP contribution in [0.25, 0.3) is 0 Å². The highest BCUT2D eigenvalue weighted by molar-refractivity contribution is 6.16. The highest BCUT2D eigenvalue weighted by atomic mass is 16.6. The topological polar surface area (TPSA) is 71.0 Å². The molecule has 0 aromatic rings. The molecule has 2 unspecified atom stereocenters. The zero-order chi connectivity index (χ0) is 14.2. The number of ether oxygens (including phenoxy) is 1. The predicted octanol–water partition coefficient (Wildman–Crippen LogP) is 0.319. The third kappa shape index (κ3) is 3.12. The summed E-state index contributed by atoms with van der Waals surface area (Å²) >= 11 is 0. The van der Waals surface area contributed by atoms with Gasteiger partial charge in [0.2, 0.25) is 6.04 Å². The Hall–Kier alpha value is -1.43. The van der Waals surface area contributed by atoms with Crippen molar-refractivity contribution in [2.45, 2.75) is 51.3 Å². The molecule has 0 radical (unpaired) electrons. The van der Waals surface area contributed by atoms with Crippen LogP contribution in [0.5, 0.6) is 0 Å². The van der Waals surface area contributed by atoms with Crippen molar-refractivity contribution in [3.8, 4) is 0 Å². The summed E-state index contributed by atoms with van der Waals surface area (Å²) in [5.41, 5.74) is -0.611. The van der Waals surface area contributed by atoms with Gasteiger partial charge in [0.05, 0.1) is 6.04 Å². The summed E-state index contributed by atoms with van der Waals surface area (Å²) in [7, 11) is 1.99. The number of nitrogens with one attached hydrogen (secondary N) is 1. The fraction of sp³-hybridized carbons (Fsp3) is 0.769. The highest BCUT2D eigenvalue weighted by Crippen LogP contribution is 2.19. The zero-order valence-corrected chi connectivity index (χ0v) is 11.9. The molecule has 0 aromatic carbocycles. The second-order valence-corrected chi connectivity index (χ2v) is 6.08. The lowest BCUT2D eigenvalue weighted by Gasteiger charge is -2.20. The first kappa shape index (κ1) is 14.0. The number of carbonyl (C=O) groups is 2. The molecule has 0 aromatic heterocycles. The molecule has 2 atom stereocenters. The van der Waals surface area contributed by atoms with Gasteiger partial charge in [-0.2, -0.15) is 0 Å². The molecular formula is C13H21N3O3. The first-order chi connectivity index (χ1) is 8.78. The summed E-state index contributed by atoms with van der Waals surface area (Å²) in [6.07, 6.45) is 2.03. The summed E-state index contributed by atoms with van der Waals surface area (Å²) in [4.78, 5) is 30.1. The Labute approximate surface area is 113 Å². The molecule has 0 saturated carbocycles. The van der Waals surface area contributed by atoms with E-state index < -0.39 is 17.6 Å². The van der Waals surface area contributed by atoms with Crippen LogP contribution in [0, 0.1) is 0 Å². The van der Waals surface area contributed by atoms with Gasteiger partial charge in [0, 0.05) is 0 Å². The number of esters is 1. The van der Waals surface area contributed by atoms with E-state index in [0.29, 0.717) is 5.84 Å². The molecule has 6 nitrogen and oxygen atoms in total. The number of carbonyl (C=O) groups excluding carboxylic acids is 2. The van der Waals surface area contributed by atoms with Crippen LogP contribution < -0.4 is 5.32 Å².